The van der Waals surface area contributed by atoms with Gasteiger partial charge in [-0.25, -0.2) is 0 Å². The maximum Gasteiger partial charge on any atom is 0.234 e. The molecule has 2 atom stereocenters. The van der Waals surface area contributed by atoms with Gasteiger partial charge in [0.2, 0.25) is 5.91 Å². The molecule has 184 valence electrons. The molecule has 1 saturated carbocycles. The Morgan fingerprint density at radius 2 is 1.81 bits per heavy atom. The lowest BCUT2D eigenvalue weighted by Crippen LogP contribution is -2.23. The molecule has 36 heavy (non-hydrogen) atoms. The predicted octanol–water partition coefficient (Wildman–Crippen LogP) is 6.41. The number of amides is 1. The maximum absolute atomic E-state index is 13.0. The van der Waals surface area contributed by atoms with Crippen LogP contribution in [-0.4, -0.2) is 31.4 Å². The summed E-state index contributed by atoms with van der Waals surface area (Å²) in [5.74, 6) is 1.59. The number of para-hydroxylation sites is 1. The predicted molar refractivity (Wildman–Crippen MR) is 145 cm³/mol. The molecular weight excluding hydrogens is 466 g/mol. The Morgan fingerprint density at radius 3 is 2.61 bits per heavy atom. The van der Waals surface area contributed by atoms with E-state index in [-0.39, 0.29) is 11.7 Å². The number of carbonyl (C=O) groups excluding carboxylic acids is 1. The molecule has 1 aliphatic carbocycles. The van der Waals surface area contributed by atoms with Crippen molar-refractivity contribution in [2.75, 3.05) is 11.1 Å². The van der Waals surface area contributed by atoms with Crippen molar-refractivity contribution in [1.29, 1.82) is 0 Å². The van der Waals surface area contributed by atoms with Gasteiger partial charge in [-0.3, -0.25) is 14.3 Å². The van der Waals surface area contributed by atoms with Crippen molar-refractivity contribution < 1.29 is 4.79 Å². The van der Waals surface area contributed by atoms with Crippen LogP contribution in [0.15, 0.2) is 84.3 Å². The number of pyridine rings is 1. The van der Waals surface area contributed by atoms with Gasteiger partial charge >= 0.3 is 0 Å². The molecule has 0 aliphatic heterocycles. The molecule has 2 aromatic carbocycles. The number of hydrogen-bond acceptors (Lipinski definition) is 5. The molecule has 1 N–H and O–H groups in total. The zero-order valence-electron chi connectivity index (χ0n) is 20.5. The summed E-state index contributed by atoms with van der Waals surface area (Å²) in [5.41, 5.74) is 4.12. The van der Waals surface area contributed by atoms with Gasteiger partial charge in [0, 0.05) is 29.7 Å². The lowest BCUT2D eigenvalue weighted by molar-refractivity contribution is -0.113. The highest BCUT2D eigenvalue weighted by Gasteiger charge is 2.29. The van der Waals surface area contributed by atoms with Gasteiger partial charge in [-0.1, -0.05) is 80.1 Å². The molecule has 2 unspecified atom stereocenters. The Bertz CT molecular complexity index is 1290. The quantitative estimate of drug-likeness (QED) is 0.285. The van der Waals surface area contributed by atoms with Crippen molar-refractivity contribution in [3.8, 4) is 11.4 Å². The summed E-state index contributed by atoms with van der Waals surface area (Å²) in [6.45, 7) is 2.31. The Morgan fingerprint density at radius 1 is 1.00 bits per heavy atom. The highest BCUT2D eigenvalue weighted by atomic mass is 32.2. The van der Waals surface area contributed by atoms with Gasteiger partial charge < -0.3 is 5.32 Å². The first kappa shape index (κ1) is 24.3. The van der Waals surface area contributed by atoms with Crippen molar-refractivity contribution in [2.45, 2.75) is 50.2 Å². The summed E-state index contributed by atoms with van der Waals surface area (Å²) < 4.78 is 2.25. The molecule has 6 nitrogen and oxygen atoms in total. The van der Waals surface area contributed by atoms with E-state index in [1.54, 1.807) is 6.20 Å². The van der Waals surface area contributed by atoms with Crippen LogP contribution in [0.1, 0.15) is 49.8 Å². The zero-order valence-corrected chi connectivity index (χ0v) is 21.3. The summed E-state index contributed by atoms with van der Waals surface area (Å²) in [6, 6.07) is 22.6. The standard InChI is InChI=1S/C29H31N5OS/c1-21-10-5-8-16-26(21)34-28(24-14-9-17-30-19-24)32-33-29(34)36-20-27(35)31-25-15-7-6-13-23(25)18-22-11-3-2-4-12-22/h2-4,6-7,9,11-15,17,19,21,26H,5,8,10,16,18,20H2,1H3,(H,31,35). The number of carbonyl (C=O) groups is 1. The fourth-order valence-electron chi connectivity index (χ4n) is 4.98. The van der Waals surface area contributed by atoms with E-state index < -0.39 is 0 Å². The molecule has 0 spiro atoms. The molecular formula is C29H31N5OS. The van der Waals surface area contributed by atoms with Crippen LogP contribution in [-0.2, 0) is 11.2 Å². The van der Waals surface area contributed by atoms with Crippen LogP contribution in [0, 0.1) is 5.92 Å². The van der Waals surface area contributed by atoms with E-state index in [0.717, 1.165) is 40.6 Å². The number of aromatic nitrogens is 4. The molecule has 0 saturated heterocycles. The average molecular weight is 498 g/mol. The summed E-state index contributed by atoms with van der Waals surface area (Å²) in [7, 11) is 0. The SMILES string of the molecule is CC1CCCCC1n1c(SCC(=O)Nc2ccccc2Cc2ccccc2)nnc1-c1cccnc1. The maximum atomic E-state index is 13.0. The average Bonchev–Trinajstić information content (AvgIpc) is 3.34. The number of nitrogens with one attached hydrogen (secondary N) is 1. The van der Waals surface area contributed by atoms with Gasteiger partial charge in [-0.15, -0.1) is 10.2 Å². The first-order valence-electron chi connectivity index (χ1n) is 12.6. The fraction of sp³-hybridized carbons (Fsp3) is 0.310. The highest BCUT2D eigenvalue weighted by molar-refractivity contribution is 7.99. The van der Waals surface area contributed by atoms with Gasteiger partial charge in [-0.2, -0.15) is 0 Å². The minimum Gasteiger partial charge on any atom is -0.325 e. The van der Waals surface area contributed by atoms with Crippen molar-refractivity contribution in [3.05, 3.63) is 90.3 Å². The second-order valence-electron chi connectivity index (χ2n) is 9.40. The Balaban J connectivity index is 1.32. The van der Waals surface area contributed by atoms with Crippen LogP contribution in [0.3, 0.4) is 0 Å². The number of anilines is 1. The van der Waals surface area contributed by atoms with E-state index in [1.807, 2.05) is 54.7 Å². The first-order chi connectivity index (χ1) is 17.7. The molecule has 1 amide bonds. The van der Waals surface area contributed by atoms with Crippen molar-refractivity contribution in [3.63, 3.8) is 0 Å². The van der Waals surface area contributed by atoms with E-state index in [9.17, 15) is 4.79 Å². The van der Waals surface area contributed by atoms with E-state index in [0.29, 0.717) is 12.0 Å². The van der Waals surface area contributed by atoms with Crippen molar-refractivity contribution in [1.82, 2.24) is 19.7 Å². The van der Waals surface area contributed by atoms with Crippen LogP contribution >= 0.6 is 11.8 Å². The fourth-order valence-corrected chi connectivity index (χ4v) is 5.77. The number of thioether (sulfide) groups is 1. The van der Waals surface area contributed by atoms with E-state index in [4.69, 9.17) is 0 Å². The van der Waals surface area contributed by atoms with Gasteiger partial charge in [-0.05, 0) is 54.5 Å². The smallest absolute Gasteiger partial charge is 0.234 e. The van der Waals surface area contributed by atoms with E-state index >= 15 is 0 Å². The van der Waals surface area contributed by atoms with Crippen LogP contribution in [0.2, 0.25) is 0 Å². The largest absolute Gasteiger partial charge is 0.325 e. The van der Waals surface area contributed by atoms with E-state index in [2.05, 4.69) is 50.2 Å². The summed E-state index contributed by atoms with van der Waals surface area (Å²) in [4.78, 5) is 17.3. The molecule has 0 bridgehead atoms. The molecule has 2 aromatic heterocycles. The van der Waals surface area contributed by atoms with Crippen LogP contribution < -0.4 is 5.32 Å². The number of benzene rings is 2. The normalized spacial score (nSPS) is 17.6. The number of rotatable bonds is 8. The van der Waals surface area contributed by atoms with Crippen LogP contribution in [0.4, 0.5) is 5.69 Å². The Kier molecular flexibility index (Phi) is 7.76. The lowest BCUT2D eigenvalue weighted by atomic mass is 9.85. The minimum atomic E-state index is -0.0466. The third-order valence-corrected chi connectivity index (χ3v) is 7.79. The lowest BCUT2D eigenvalue weighted by Gasteiger charge is -2.31. The number of hydrogen-bond donors (Lipinski definition) is 1. The minimum absolute atomic E-state index is 0.0466. The second-order valence-corrected chi connectivity index (χ2v) is 10.3. The summed E-state index contributed by atoms with van der Waals surface area (Å²) in [6.07, 6.45) is 9.11. The molecule has 0 radical (unpaired) electrons. The molecule has 4 aromatic rings. The third-order valence-electron chi connectivity index (χ3n) is 6.84. The molecule has 2 heterocycles. The summed E-state index contributed by atoms with van der Waals surface area (Å²) in [5, 5.41) is 13.0. The molecule has 1 aliphatic rings. The van der Waals surface area contributed by atoms with Gasteiger partial charge in [0.1, 0.15) is 0 Å². The topological polar surface area (TPSA) is 72.7 Å². The Hall–Kier alpha value is -3.45. The summed E-state index contributed by atoms with van der Waals surface area (Å²) >= 11 is 1.45. The van der Waals surface area contributed by atoms with Crippen LogP contribution in [0.5, 0.6) is 0 Å². The first-order valence-corrected chi connectivity index (χ1v) is 13.6. The van der Waals surface area contributed by atoms with Crippen molar-refractivity contribution in [2.24, 2.45) is 5.92 Å². The highest BCUT2D eigenvalue weighted by Crippen LogP contribution is 2.38. The van der Waals surface area contributed by atoms with Crippen molar-refractivity contribution >= 4 is 23.4 Å². The van der Waals surface area contributed by atoms with Gasteiger partial charge in [0.15, 0.2) is 11.0 Å². The third kappa shape index (κ3) is 5.68. The number of nitrogens with zero attached hydrogens (tertiary/aromatic N) is 4. The Labute approximate surface area is 216 Å². The monoisotopic (exact) mass is 497 g/mol. The van der Waals surface area contributed by atoms with E-state index in [1.165, 1.54) is 36.6 Å². The molecule has 5 rings (SSSR count). The van der Waals surface area contributed by atoms with Crippen LogP contribution in [0.25, 0.3) is 11.4 Å². The van der Waals surface area contributed by atoms with Gasteiger partial charge in [0.25, 0.3) is 0 Å². The molecule has 7 heteroatoms. The second kappa shape index (κ2) is 11.5. The zero-order chi connectivity index (χ0) is 24.7. The molecule has 1 fully saturated rings. The van der Waals surface area contributed by atoms with Gasteiger partial charge in [0.05, 0.1) is 5.75 Å².